The minimum absolute atomic E-state index is 0.00235. The lowest BCUT2D eigenvalue weighted by molar-refractivity contribution is -0.139. The van der Waals surface area contributed by atoms with E-state index in [1.54, 1.807) is 27.7 Å². The van der Waals surface area contributed by atoms with Crippen LogP contribution in [0.5, 0.6) is 0 Å². The van der Waals surface area contributed by atoms with Gasteiger partial charge in [0.05, 0.1) is 12.6 Å². The van der Waals surface area contributed by atoms with E-state index in [2.05, 4.69) is 36.9 Å². The summed E-state index contributed by atoms with van der Waals surface area (Å²) >= 11 is 0. The van der Waals surface area contributed by atoms with Crippen molar-refractivity contribution in [2.24, 2.45) is 23.3 Å². The van der Waals surface area contributed by atoms with E-state index in [1.807, 2.05) is 30.3 Å². The number of fused-ring (bicyclic) bond motifs is 1. The molecule has 0 unspecified atom stereocenters. The van der Waals surface area contributed by atoms with Gasteiger partial charge in [0, 0.05) is 35.6 Å². The molecule has 1 aromatic carbocycles. The van der Waals surface area contributed by atoms with Crippen molar-refractivity contribution in [2.45, 2.75) is 95.7 Å². The normalized spacial score (nSPS) is 22.7. The lowest BCUT2D eigenvalue weighted by atomic mass is 10.0. The predicted octanol–water partition coefficient (Wildman–Crippen LogP) is -1.61. The number of nitrogens with two attached hydrogens (primary N) is 2. The second kappa shape index (κ2) is 22.2. The highest BCUT2D eigenvalue weighted by atomic mass is 33.1. The number of carboxylic acids is 1. The number of carboxylic acid groups (broad SMARTS) is 1. The highest BCUT2D eigenvalue weighted by Gasteiger charge is 2.35. The molecule has 1 saturated heterocycles. The summed E-state index contributed by atoms with van der Waals surface area (Å²) in [5, 5.41) is 35.4. The van der Waals surface area contributed by atoms with Crippen molar-refractivity contribution in [3.8, 4) is 0 Å². The first kappa shape index (κ1) is 46.5. The minimum atomic E-state index is -1.63. The predicted molar refractivity (Wildman–Crippen MR) is 214 cm³/mol. The first-order chi connectivity index (χ1) is 26.9. The summed E-state index contributed by atoms with van der Waals surface area (Å²) in [6, 6.07) is -0.0986. The Labute approximate surface area is 337 Å². The summed E-state index contributed by atoms with van der Waals surface area (Å²) in [6.45, 7) is 6.03. The van der Waals surface area contributed by atoms with Gasteiger partial charge in [0.15, 0.2) is 0 Å². The molecule has 7 amide bonds. The molecular weight excluding hydrogens is 783 g/mol. The highest BCUT2D eigenvalue weighted by molar-refractivity contribution is 8.76. The van der Waals surface area contributed by atoms with E-state index in [0.29, 0.717) is 5.69 Å². The van der Waals surface area contributed by atoms with Gasteiger partial charge < -0.3 is 58.6 Å². The molecule has 1 aliphatic heterocycles. The molecule has 0 radical (unpaired) electrons. The van der Waals surface area contributed by atoms with Gasteiger partial charge in [-0.05, 0) is 42.2 Å². The number of primary amides is 1. The quantitative estimate of drug-likeness (QED) is 0.0956. The molecule has 0 bridgehead atoms. The Morgan fingerprint density at radius 3 is 2.11 bits per heavy atom. The highest BCUT2D eigenvalue weighted by Crippen LogP contribution is 2.24. The fourth-order valence-electron chi connectivity index (χ4n) is 5.65. The van der Waals surface area contributed by atoms with E-state index in [0.717, 1.165) is 32.5 Å². The fraction of sp³-hybridized carbons (Fsp3) is 0.556. The molecule has 314 valence electrons. The number of aromatic nitrogens is 1. The molecule has 7 atom stereocenters. The molecule has 3 rings (SSSR count). The maximum Gasteiger partial charge on any atom is 0.303 e. The third-order valence-corrected chi connectivity index (χ3v) is 11.4. The van der Waals surface area contributed by atoms with Crippen LogP contribution in [-0.2, 0) is 44.8 Å². The van der Waals surface area contributed by atoms with Crippen molar-refractivity contribution in [1.82, 2.24) is 36.9 Å². The number of amides is 7. The SMILES string of the molecule is CC(C)C[C@@H]1NC(=O)[C@H](CCC(=O)O)NC(=O)[C@H](CO)NC(=O)[C@@H](NC(=O)[C@@H](N)C(C)C)CSSC[C@@H](C(=O)N[C@@H](Cc2cc3ccccc3[nH]2)C(N)=O)NC1=O. The van der Waals surface area contributed by atoms with Crippen LogP contribution in [-0.4, -0.2) is 123 Å². The number of hydrogen-bond acceptors (Lipinski definition) is 12. The molecule has 19 nitrogen and oxygen atoms in total. The summed E-state index contributed by atoms with van der Waals surface area (Å²) in [5.74, 6) is -8.02. The first-order valence-corrected chi connectivity index (χ1v) is 20.9. The van der Waals surface area contributed by atoms with Crippen molar-refractivity contribution in [2.75, 3.05) is 18.1 Å². The Bertz CT molecular complexity index is 1740. The van der Waals surface area contributed by atoms with Gasteiger partial charge >= 0.3 is 5.97 Å². The van der Waals surface area contributed by atoms with Crippen molar-refractivity contribution in [1.29, 1.82) is 0 Å². The molecule has 13 N–H and O–H groups in total. The number of carbonyl (C=O) groups is 8. The van der Waals surface area contributed by atoms with Gasteiger partial charge in [0.1, 0.15) is 36.3 Å². The van der Waals surface area contributed by atoms with Crippen LogP contribution in [0.25, 0.3) is 10.9 Å². The molecule has 1 fully saturated rings. The zero-order valence-electron chi connectivity index (χ0n) is 32.2. The molecule has 0 aliphatic carbocycles. The van der Waals surface area contributed by atoms with Gasteiger partial charge in [-0.3, -0.25) is 38.4 Å². The molecule has 1 aromatic heterocycles. The third kappa shape index (κ3) is 14.5. The van der Waals surface area contributed by atoms with Crippen LogP contribution >= 0.6 is 21.6 Å². The van der Waals surface area contributed by atoms with Crippen LogP contribution in [0.1, 0.15) is 52.7 Å². The number of aliphatic carboxylic acids is 1. The molecule has 2 aromatic rings. The number of aromatic amines is 1. The minimum Gasteiger partial charge on any atom is -0.481 e. The van der Waals surface area contributed by atoms with E-state index in [-0.39, 0.29) is 36.2 Å². The maximum absolute atomic E-state index is 13.9. The summed E-state index contributed by atoms with van der Waals surface area (Å²) in [6.07, 6.45) is -0.940. The summed E-state index contributed by atoms with van der Waals surface area (Å²) < 4.78 is 0. The summed E-state index contributed by atoms with van der Waals surface area (Å²) in [5.41, 5.74) is 13.1. The Balaban J connectivity index is 1.98. The van der Waals surface area contributed by atoms with Crippen LogP contribution < -0.4 is 43.4 Å². The van der Waals surface area contributed by atoms with Gasteiger partial charge in [0.25, 0.3) is 0 Å². The standard InChI is InChI=1S/C36H53N9O10S2/c1-17(2)11-24-32(51)44-26(34(53)41-23(30(38)49)13-20-12-19-7-5-6-8-21(19)39-20)15-56-57-16-27(45-36(55)29(37)18(3)4)35(54)43-25(14-46)33(52)40-22(31(50)42-24)9-10-28(47)48/h5-8,12,17-18,22-27,29,39,46H,9-11,13-16,37H2,1-4H3,(H2,38,49)(H,40,52)(H,41,53)(H,42,50)(H,43,54)(H,44,51)(H,45,55)(H,47,48)/t22-,23-,24-,25-,26-,27-,29-/m0/s1. The van der Waals surface area contributed by atoms with E-state index >= 15 is 0 Å². The zero-order valence-corrected chi connectivity index (χ0v) is 33.8. The molecule has 21 heteroatoms. The number of hydrogen-bond donors (Lipinski definition) is 11. The van der Waals surface area contributed by atoms with Gasteiger partial charge in [-0.2, -0.15) is 0 Å². The molecular formula is C36H53N9O10S2. The molecule has 57 heavy (non-hydrogen) atoms. The lowest BCUT2D eigenvalue weighted by Crippen LogP contribution is -2.61. The van der Waals surface area contributed by atoms with E-state index in [1.165, 1.54) is 0 Å². The van der Waals surface area contributed by atoms with Crippen molar-refractivity contribution >= 4 is 79.8 Å². The van der Waals surface area contributed by atoms with Gasteiger partial charge in [-0.25, -0.2) is 0 Å². The fourth-order valence-corrected chi connectivity index (χ4v) is 7.98. The third-order valence-electron chi connectivity index (χ3n) is 8.94. The molecule has 2 heterocycles. The van der Waals surface area contributed by atoms with Crippen LogP contribution in [0, 0.1) is 11.8 Å². The Morgan fingerprint density at radius 2 is 1.49 bits per heavy atom. The number of nitrogens with one attached hydrogen (secondary N) is 7. The van der Waals surface area contributed by atoms with E-state index in [9.17, 15) is 48.6 Å². The largest absolute Gasteiger partial charge is 0.481 e. The summed E-state index contributed by atoms with van der Waals surface area (Å²) in [7, 11) is 2.07. The van der Waals surface area contributed by atoms with Crippen molar-refractivity contribution in [3.63, 3.8) is 0 Å². The van der Waals surface area contributed by atoms with Crippen LogP contribution in [0.3, 0.4) is 0 Å². The Kier molecular flexibility index (Phi) is 18.1. The monoisotopic (exact) mass is 835 g/mol. The number of aliphatic hydroxyl groups excluding tert-OH is 1. The average molecular weight is 836 g/mol. The van der Waals surface area contributed by atoms with Crippen LogP contribution in [0.15, 0.2) is 30.3 Å². The first-order valence-electron chi connectivity index (χ1n) is 18.4. The van der Waals surface area contributed by atoms with Gasteiger partial charge in [0.2, 0.25) is 41.4 Å². The Morgan fingerprint density at radius 1 is 0.877 bits per heavy atom. The van der Waals surface area contributed by atoms with Crippen molar-refractivity contribution in [3.05, 3.63) is 36.0 Å². The summed E-state index contributed by atoms with van der Waals surface area (Å²) in [4.78, 5) is 108. The number of benzene rings is 1. The number of para-hydroxylation sites is 1. The van der Waals surface area contributed by atoms with E-state index in [4.69, 9.17) is 11.5 Å². The van der Waals surface area contributed by atoms with Crippen molar-refractivity contribution < 1.29 is 48.6 Å². The average Bonchev–Trinajstić information content (AvgIpc) is 3.56. The topological polar surface area (TPSA) is 317 Å². The second-order valence-electron chi connectivity index (χ2n) is 14.4. The molecule has 1 aliphatic rings. The number of aliphatic hydroxyl groups is 1. The number of carbonyl (C=O) groups excluding carboxylic acids is 7. The number of rotatable bonds is 14. The van der Waals surface area contributed by atoms with Crippen LogP contribution in [0.4, 0.5) is 0 Å². The number of H-pyrrole nitrogens is 1. The van der Waals surface area contributed by atoms with Gasteiger partial charge in [-0.1, -0.05) is 67.5 Å². The zero-order chi connectivity index (χ0) is 42.4. The lowest BCUT2D eigenvalue weighted by Gasteiger charge is -2.27. The van der Waals surface area contributed by atoms with Gasteiger partial charge in [-0.15, -0.1) is 0 Å². The molecule has 0 spiro atoms. The molecule has 0 saturated carbocycles. The smallest absolute Gasteiger partial charge is 0.303 e. The Hall–Kier alpha value is -4.86. The van der Waals surface area contributed by atoms with E-state index < -0.39 is 109 Å². The maximum atomic E-state index is 13.9. The van der Waals surface area contributed by atoms with Crippen LogP contribution in [0.2, 0.25) is 0 Å². The second-order valence-corrected chi connectivity index (χ2v) is 17.0.